The summed E-state index contributed by atoms with van der Waals surface area (Å²) in [6.07, 6.45) is 2.55. The van der Waals surface area contributed by atoms with Crippen LogP contribution in [-0.4, -0.2) is 31.0 Å². The maximum atomic E-state index is 13.4. The number of nitrogens with one attached hydrogen (secondary N) is 1. The monoisotopic (exact) mass is 392 g/mol. The van der Waals surface area contributed by atoms with Crippen LogP contribution in [0.2, 0.25) is 0 Å². The number of halogens is 1. The fourth-order valence-electron chi connectivity index (χ4n) is 2.80. The van der Waals surface area contributed by atoms with E-state index in [9.17, 15) is 18.8 Å². The Labute approximate surface area is 158 Å². The maximum Gasteiger partial charge on any atom is 0.344 e. The summed E-state index contributed by atoms with van der Waals surface area (Å²) >= 11 is 1.31. The van der Waals surface area contributed by atoms with Crippen LogP contribution < -0.4 is 15.8 Å². The molecule has 0 radical (unpaired) electrons. The molecule has 0 atom stereocenters. The van der Waals surface area contributed by atoms with E-state index in [4.69, 9.17) is 15.2 Å². The highest BCUT2D eigenvalue weighted by Gasteiger charge is 2.26. The van der Waals surface area contributed by atoms with Crippen LogP contribution in [0.3, 0.4) is 0 Å². The minimum absolute atomic E-state index is 0.0851. The molecular formula is C18H17FN2O5S. The zero-order valence-electron chi connectivity index (χ0n) is 14.2. The first-order valence-corrected chi connectivity index (χ1v) is 9.04. The molecule has 0 saturated heterocycles. The Hall–Kier alpha value is -2.94. The highest BCUT2D eigenvalue weighted by molar-refractivity contribution is 7.17. The molecule has 3 rings (SSSR count). The van der Waals surface area contributed by atoms with Crippen LogP contribution in [0.1, 0.15) is 27.2 Å². The predicted molar refractivity (Wildman–Crippen MR) is 96.3 cm³/mol. The Kier molecular flexibility index (Phi) is 5.70. The summed E-state index contributed by atoms with van der Waals surface area (Å²) in [5.41, 5.74) is 6.64. The molecule has 0 fully saturated rings. The summed E-state index contributed by atoms with van der Waals surface area (Å²) in [5, 5.41) is 2.93. The van der Waals surface area contributed by atoms with Gasteiger partial charge >= 0.3 is 5.97 Å². The van der Waals surface area contributed by atoms with E-state index in [-0.39, 0.29) is 5.75 Å². The zero-order chi connectivity index (χ0) is 19.4. The molecule has 2 aromatic rings. The van der Waals surface area contributed by atoms with Crippen LogP contribution >= 0.6 is 11.3 Å². The van der Waals surface area contributed by atoms with Gasteiger partial charge in [0.1, 0.15) is 5.00 Å². The Morgan fingerprint density at radius 3 is 2.70 bits per heavy atom. The standard InChI is InChI=1S/C18H17FN2O5S/c19-11-5-1-2-6-12(11)25-9-15(23)26-8-14(22)21-18-16(17(20)24)10-4-3-7-13(10)27-18/h1-2,5-6H,3-4,7-9H2,(H2,20,24)(H,21,22). The number of carbonyl (C=O) groups excluding carboxylic acids is 3. The number of primary amides is 1. The summed E-state index contributed by atoms with van der Waals surface area (Å²) < 4.78 is 23.2. The second-order valence-corrected chi connectivity index (χ2v) is 6.96. The van der Waals surface area contributed by atoms with E-state index in [1.807, 2.05) is 0 Å². The molecule has 3 N–H and O–H groups in total. The van der Waals surface area contributed by atoms with Crippen LogP contribution in [0.25, 0.3) is 0 Å². The lowest BCUT2D eigenvalue weighted by Crippen LogP contribution is -2.24. The van der Waals surface area contributed by atoms with Gasteiger partial charge in [-0.3, -0.25) is 9.59 Å². The number of esters is 1. The van der Waals surface area contributed by atoms with Gasteiger partial charge in [-0.25, -0.2) is 9.18 Å². The molecular weight excluding hydrogens is 375 g/mol. The molecule has 1 aromatic heterocycles. The number of rotatable bonds is 7. The van der Waals surface area contributed by atoms with Gasteiger partial charge in [-0.05, 0) is 37.0 Å². The van der Waals surface area contributed by atoms with E-state index in [1.54, 1.807) is 6.07 Å². The van der Waals surface area contributed by atoms with Crippen molar-refractivity contribution in [2.45, 2.75) is 19.3 Å². The summed E-state index contributed by atoms with van der Waals surface area (Å²) in [6, 6.07) is 5.62. The van der Waals surface area contributed by atoms with Crippen LogP contribution in [0.4, 0.5) is 9.39 Å². The van der Waals surface area contributed by atoms with Gasteiger partial charge in [0.25, 0.3) is 11.8 Å². The van der Waals surface area contributed by atoms with E-state index in [0.717, 1.165) is 29.7 Å². The third-order valence-electron chi connectivity index (χ3n) is 3.97. The maximum absolute atomic E-state index is 13.4. The number of anilines is 1. The fourth-order valence-corrected chi connectivity index (χ4v) is 4.11. The van der Waals surface area contributed by atoms with Crippen molar-refractivity contribution in [3.05, 3.63) is 46.1 Å². The van der Waals surface area contributed by atoms with E-state index < -0.39 is 36.8 Å². The quantitative estimate of drug-likeness (QED) is 0.701. The highest BCUT2D eigenvalue weighted by Crippen LogP contribution is 2.38. The molecule has 7 nitrogen and oxygen atoms in total. The third-order valence-corrected chi connectivity index (χ3v) is 5.17. The molecule has 0 unspecified atom stereocenters. The van der Waals surface area contributed by atoms with E-state index in [1.165, 1.54) is 29.5 Å². The van der Waals surface area contributed by atoms with Crippen molar-refractivity contribution >= 4 is 34.1 Å². The number of ether oxygens (including phenoxy) is 2. The smallest absolute Gasteiger partial charge is 0.344 e. The Morgan fingerprint density at radius 2 is 1.96 bits per heavy atom. The van der Waals surface area contributed by atoms with Crippen LogP contribution in [0.5, 0.6) is 5.75 Å². The summed E-state index contributed by atoms with van der Waals surface area (Å²) in [5.74, 6) is -2.71. The van der Waals surface area contributed by atoms with Crippen molar-refractivity contribution < 1.29 is 28.2 Å². The van der Waals surface area contributed by atoms with Crippen molar-refractivity contribution in [1.82, 2.24) is 0 Å². The lowest BCUT2D eigenvalue weighted by molar-refractivity contribution is -0.149. The third kappa shape index (κ3) is 4.43. The van der Waals surface area contributed by atoms with Crippen LogP contribution in [-0.2, 0) is 27.2 Å². The van der Waals surface area contributed by atoms with Crippen molar-refractivity contribution in [1.29, 1.82) is 0 Å². The van der Waals surface area contributed by atoms with Crippen molar-refractivity contribution in [3.8, 4) is 5.75 Å². The largest absolute Gasteiger partial charge is 0.479 e. The van der Waals surface area contributed by atoms with Crippen LogP contribution in [0, 0.1) is 5.82 Å². The first-order valence-electron chi connectivity index (χ1n) is 8.23. The number of para-hydroxylation sites is 1. The zero-order valence-corrected chi connectivity index (χ0v) is 15.1. The summed E-state index contributed by atoms with van der Waals surface area (Å²) in [4.78, 5) is 36.4. The van der Waals surface area contributed by atoms with Gasteiger partial charge in [-0.2, -0.15) is 0 Å². The first-order chi connectivity index (χ1) is 13.0. The van der Waals surface area contributed by atoms with Gasteiger partial charge < -0.3 is 20.5 Å². The first kappa shape index (κ1) is 18.8. The molecule has 1 aliphatic rings. The van der Waals surface area contributed by atoms with Crippen molar-refractivity contribution in [2.75, 3.05) is 18.5 Å². The number of hydrogen-bond donors (Lipinski definition) is 2. The number of benzene rings is 1. The average molecular weight is 392 g/mol. The molecule has 1 aromatic carbocycles. The molecule has 2 amide bonds. The number of fused-ring (bicyclic) bond motifs is 1. The number of thiophene rings is 1. The highest BCUT2D eigenvalue weighted by atomic mass is 32.1. The van der Waals surface area contributed by atoms with Gasteiger partial charge in [-0.15, -0.1) is 11.3 Å². The second-order valence-electron chi connectivity index (χ2n) is 5.85. The van der Waals surface area contributed by atoms with Gasteiger partial charge in [0.05, 0.1) is 5.56 Å². The minimum Gasteiger partial charge on any atom is -0.479 e. The number of amides is 2. The fraction of sp³-hybridized carbons (Fsp3) is 0.278. The molecule has 9 heteroatoms. The molecule has 27 heavy (non-hydrogen) atoms. The average Bonchev–Trinajstić information content (AvgIpc) is 3.19. The van der Waals surface area contributed by atoms with E-state index in [2.05, 4.69) is 5.32 Å². The lowest BCUT2D eigenvalue weighted by Gasteiger charge is -2.08. The van der Waals surface area contributed by atoms with E-state index >= 15 is 0 Å². The van der Waals surface area contributed by atoms with Crippen LogP contribution in [0.15, 0.2) is 24.3 Å². The number of nitrogens with two attached hydrogens (primary N) is 1. The molecule has 0 spiro atoms. The Morgan fingerprint density at radius 1 is 1.19 bits per heavy atom. The van der Waals surface area contributed by atoms with E-state index in [0.29, 0.717) is 10.6 Å². The lowest BCUT2D eigenvalue weighted by atomic mass is 10.1. The Balaban J connectivity index is 1.51. The van der Waals surface area contributed by atoms with Gasteiger partial charge in [0, 0.05) is 4.88 Å². The number of carbonyl (C=O) groups is 3. The predicted octanol–water partition coefficient (Wildman–Crippen LogP) is 2.04. The van der Waals surface area contributed by atoms with Crippen molar-refractivity contribution in [2.24, 2.45) is 5.73 Å². The Bertz CT molecular complexity index is 896. The second kappa shape index (κ2) is 8.17. The topological polar surface area (TPSA) is 108 Å². The van der Waals surface area contributed by atoms with Gasteiger partial charge in [-0.1, -0.05) is 12.1 Å². The van der Waals surface area contributed by atoms with Gasteiger partial charge in [0.15, 0.2) is 24.8 Å². The summed E-state index contributed by atoms with van der Waals surface area (Å²) in [7, 11) is 0. The minimum atomic E-state index is -0.822. The SMILES string of the molecule is NC(=O)c1c(NC(=O)COC(=O)COc2ccccc2F)sc2c1CCC2. The molecule has 0 bridgehead atoms. The normalized spacial score (nSPS) is 12.3. The number of aryl methyl sites for hydroxylation is 1. The number of hydrogen-bond acceptors (Lipinski definition) is 6. The molecule has 142 valence electrons. The van der Waals surface area contributed by atoms with Gasteiger partial charge in [0.2, 0.25) is 0 Å². The molecule has 0 aliphatic heterocycles. The molecule has 0 saturated carbocycles. The molecule has 1 aliphatic carbocycles. The molecule has 1 heterocycles. The van der Waals surface area contributed by atoms with Crippen molar-refractivity contribution in [3.63, 3.8) is 0 Å². The summed E-state index contributed by atoms with van der Waals surface area (Å²) in [6.45, 7) is -1.09.